The molecule has 12 heteroatoms. The second-order valence-corrected chi connectivity index (χ2v) is 7.32. The minimum absolute atomic E-state index is 0.0677. The van der Waals surface area contributed by atoms with Gasteiger partial charge < -0.3 is 14.6 Å². The molecule has 1 aromatic heterocycles. The summed E-state index contributed by atoms with van der Waals surface area (Å²) in [4.78, 5) is 11.5. The quantitative estimate of drug-likeness (QED) is 0.554. The molecule has 0 saturated heterocycles. The molecular formula is C20H14ClF4N3O4. The van der Waals surface area contributed by atoms with Gasteiger partial charge in [0.1, 0.15) is 12.2 Å². The third kappa shape index (κ3) is 3.78. The molecule has 0 amide bonds. The third-order valence-electron chi connectivity index (χ3n) is 4.90. The number of carbonyl (C=O) groups is 1. The molecule has 0 radical (unpaired) electrons. The molecular weight excluding hydrogens is 458 g/mol. The summed E-state index contributed by atoms with van der Waals surface area (Å²) in [6.45, 7) is 0. The van der Waals surface area contributed by atoms with Gasteiger partial charge in [-0.15, -0.1) is 10.2 Å². The van der Waals surface area contributed by atoms with E-state index in [9.17, 15) is 23.1 Å². The Hall–Kier alpha value is -3.18. The highest BCUT2D eigenvalue weighted by Gasteiger charge is 2.43. The molecule has 0 saturated carbocycles. The van der Waals surface area contributed by atoms with Crippen LogP contribution in [0.5, 0.6) is 5.75 Å². The molecule has 0 bridgehead atoms. The summed E-state index contributed by atoms with van der Waals surface area (Å²) < 4.78 is 67.8. The number of halogens is 5. The maximum atomic E-state index is 15.1. The summed E-state index contributed by atoms with van der Waals surface area (Å²) in [7, 11) is 1.26. The summed E-state index contributed by atoms with van der Waals surface area (Å²) in [6.07, 6.45) is -8.43. The van der Waals surface area contributed by atoms with Gasteiger partial charge in [-0.2, -0.15) is 13.2 Å². The van der Waals surface area contributed by atoms with E-state index in [0.29, 0.717) is 4.57 Å². The molecule has 0 spiro atoms. The summed E-state index contributed by atoms with van der Waals surface area (Å²) >= 11 is 6.10. The van der Waals surface area contributed by atoms with Crippen LogP contribution in [-0.4, -0.2) is 33.0 Å². The predicted octanol–water partition coefficient (Wildman–Crippen LogP) is 4.72. The van der Waals surface area contributed by atoms with E-state index in [4.69, 9.17) is 21.1 Å². The SMILES string of the molecule is COc1cccc([C@@H]2O[C@@H](CC(=O)O)c3nnc(C(F)(F)F)n3-c3ccc(Cl)cc32)c1F. The Morgan fingerprint density at radius 1 is 1.25 bits per heavy atom. The Kier molecular flexibility index (Phi) is 5.55. The van der Waals surface area contributed by atoms with Crippen molar-refractivity contribution in [2.75, 3.05) is 7.11 Å². The zero-order chi connectivity index (χ0) is 23.2. The molecule has 1 aliphatic rings. The van der Waals surface area contributed by atoms with Gasteiger partial charge in [0.15, 0.2) is 17.4 Å². The first-order valence-corrected chi connectivity index (χ1v) is 9.51. The fourth-order valence-electron chi connectivity index (χ4n) is 3.59. The summed E-state index contributed by atoms with van der Waals surface area (Å²) in [5, 5.41) is 16.3. The van der Waals surface area contributed by atoms with Gasteiger partial charge in [0.25, 0.3) is 0 Å². The number of ether oxygens (including phenoxy) is 2. The van der Waals surface area contributed by atoms with Gasteiger partial charge in [0, 0.05) is 16.1 Å². The molecule has 0 aliphatic carbocycles. The first-order chi connectivity index (χ1) is 15.1. The van der Waals surface area contributed by atoms with Crippen LogP contribution in [0.3, 0.4) is 0 Å². The van der Waals surface area contributed by atoms with Crippen molar-refractivity contribution < 1.29 is 36.9 Å². The summed E-state index contributed by atoms with van der Waals surface area (Å²) in [5.74, 6) is -4.04. The smallest absolute Gasteiger partial charge is 0.452 e. The van der Waals surface area contributed by atoms with Crippen LogP contribution in [0.2, 0.25) is 5.02 Å². The van der Waals surface area contributed by atoms with Crippen LogP contribution in [0.25, 0.3) is 5.69 Å². The van der Waals surface area contributed by atoms with Gasteiger partial charge >= 0.3 is 12.1 Å². The van der Waals surface area contributed by atoms with Gasteiger partial charge in [-0.25, -0.2) is 4.39 Å². The Balaban J connectivity index is 2.03. The van der Waals surface area contributed by atoms with Crippen LogP contribution in [0.1, 0.15) is 41.4 Å². The molecule has 2 atom stereocenters. The number of aliphatic carboxylic acids is 1. The van der Waals surface area contributed by atoms with E-state index >= 15 is 4.39 Å². The fourth-order valence-corrected chi connectivity index (χ4v) is 3.77. The van der Waals surface area contributed by atoms with E-state index in [1.54, 1.807) is 0 Å². The number of methoxy groups -OCH3 is 1. The van der Waals surface area contributed by atoms with Crippen LogP contribution in [0, 0.1) is 5.82 Å². The minimum Gasteiger partial charge on any atom is -0.494 e. The highest BCUT2D eigenvalue weighted by molar-refractivity contribution is 6.30. The van der Waals surface area contributed by atoms with Crippen molar-refractivity contribution in [1.29, 1.82) is 0 Å². The lowest BCUT2D eigenvalue weighted by molar-refractivity contribution is -0.146. The summed E-state index contributed by atoms with van der Waals surface area (Å²) in [5.41, 5.74) is -0.0681. The van der Waals surface area contributed by atoms with Crippen molar-refractivity contribution in [3.05, 3.63) is 70.0 Å². The molecule has 3 aromatic rings. The monoisotopic (exact) mass is 471 g/mol. The highest BCUT2D eigenvalue weighted by atomic mass is 35.5. The molecule has 168 valence electrons. The number of rotatable bonds is 4. The Bertz CT molecular complexity index is 1200. The Morgan fingerprint density at radius 3 is 2.66 bits per heavy atom. The van der Waals surface area contributed by atoms with Crippen LogP contribution < -0.4 is 4.74 Å². The van der Waals surface area contributed by atoms with Crippen molar-refractivity contribution in [3.8, 4) is 11.4 Å². The van der Waals surface area contributed by atoms with E-state index in [1.807, 2.05) is 0 Å². The van der Waals surface area contributed by atoms with Crippen LogP contribution in [-0.2, 0) is 15.7 Å². The molecule has 1 N–H and O–H groups in total. The third-order valence-corrected chi connectivity index (χ3v) is 5.13. The number of aromatic nitrogens is 3. The van der Waals surface area contributed by atoms with Gasteiger partial charge in [0.2, 0.25) is 5.82 Å². The van der Waals surface area contributed by atoms with E-state index in [2.05, 4.69) is 10.2 Å². The highest BCUT2D eigenvalue weighted by Crippen LogP contribution is 2.45. The molecule has 1 aliphatic heterocycles. The van der Waals surface area contributed by atoms with E-state index in [1.165, 1.54) is 43.5 Å². The number of benzene rings is 2. The van der Waals surface area contributed by atoms with Crippen molar-refractivity contribution in [2.45, 2.75) is 24.8 Å². The average Bonchev–Trinajstić information content (AvgIpc) is 3.12. The second-order valence-electron chi connectivity index (χ2n) is 6.88. The van der Waals surface area contributed by atoms with Gasteiger partial charge in [0.05, 0.1) is 19.2 Å². The zero-order valence-corrected chi connectivity index (χ0v) is 17.0. The van der Waals surface area contributed by atoms with E-state index < -0.39 is 42.4 Å². The molecule has 0 unspecified atom stereocenters. The van der Waals surface area contributed by atoms with Crippen molar-refractivity contribution >= 4 is 17.6 Å². The zero-order valence-electron chi connectivity index (χ0n) is 16.2. The normalized spacial score (nSPS) is 17.9. The number of alkyl halides is 3. The van der Waals surface area contributed by atoms with Crippen LogP contribution >= 0.6 is 11.6 Å². The van der Waals surface area contributed by atoms with Crippen LogP contribution in [0.15, 0.2) is 36.4 Å². The molecule has 2 heterocycles. The number of hydrogen-bond donors (Lipinski definition) is 1. The minimum atomic E-state index is -4.91. The molecule has 32 heavy (non-hydrogen) atoms. The number of hydrogen-bond acceptors (Lipinski definition) is 5. The lowest BCUT2D eigenvalue weighted by atomic mass is 9.98. The standard InChI is InChI=1S/C20H14ClF4N3O4/c1-31-13-4-2-3-10(16(13)22)17-11-7-9(21)5-6-12(11)28-18(14(32-17)8-15(29)30)26-27-19(28)20(23,24)25/h2-7,14,17H,8H2,1H3,(H,29,30)/t14-,17-/m0/s1. The van der Waals surface area contributed by atoms with Gasteiger partial charge in [-0.1, -0.05) is 23.7 Å². The van der Waals surface area contributed by atoms with Crippen LogP contribution in [0.4, 0.5) is 17.6 Å². The largest absolute Gasteiger partial charge is 0.494 e. The first kappa shape index (κ1) is 22.0. The second kappa shape index (κ2) is 8.06. The molecule has 7 nitrogen and oxygen atoms in total. The van der Waals surface area contributed by atoms with Crippen molar-refractivity contribution in [2.24, 2.45) is 0 Å². The molecule has 2 aromatic carbocycles. The molecule has 4 rings (SSSR count). The van der Waals surface area contributed by atoms with Gasteiger partial charge in [-0.05, 0) is 24.3 Å². The fraction of sp³-hybridized carbons (Fsp3) is 0.250. The number of fused-ring (bicyclic) bond motifs is 3. The Labute approximate surface area is 183 Å². The van der Waals surface area contributed by atoms with E-state index in [0.717, 1.165) is 0 Å². The average molecular weight is 472 g/mol. The maximum absolute atomic E-state index is 15.1. The van der Waals surface area contributed by atoms with Gasteiger partial charge in [-0.3, -0.25) is 9.36 Å². The lowest BCUT2D eigenvalue weighted by Gasteiger charge is -2.23. The number of nitrogens with zero attached hydrogens (tertiary/aromatic N) is 3. The topological polar surface area (TPSA) is 86.5 Å². The molecule has 0 fully saturated rings. The number of carboxylic acid groups (broad SMARTS) is 1. The maximum Gasteiger partial charge on any atom is 0.452 e. The predicted molar refractivity (Wildman–Crippen MR) is 102 cm³/mol. The summed E-state index contributed by atoms with van der Waals surface area (Å²) in [6, 6.07) is 8.16. The Morgan fingerprint density at radius 2 is 2.00 bits per heavy atom. The van der Waals surface area contributed by atoms with Crippen molar-refractivity contribution in [1.82, 2.24) is 14.8 Å². The first-order valence-electron chi connectivity index (χ1n) is 9.13. The van der Waals surface area contributed by atoms with Crippen molar-refractivity contribution in [3.63, 3.8) is 0 Å². The number of carboxylic acids is 1. The lowest BCUT2D eigenvalue weighted by Crippen LogP contribution is -2.17. The van der Waals surface area contributed by atoms with E-state index in [-0.39, 0.29) is 33.4 Å².